The third kappa shape index (κ3) is 3.08. The number of rotatable bonds is 4. The van der Waals surface area contributed by atoms with Gasteiger partial charge >= 0.3 is 0 Å². The molecule has 6 heteroatoms. The quantitative estimate of drug-likeness (QED) is 0.750. The van der Waals surface area contributed by atoms with Crippen LogP contribution in [-0.4, -0.2) is 28.4 Å². The molecule has 144 valence electrons. The predicted octanol–water partition coefficient (Wildman–Crippen LogP) is 3.87. The van der Waals surface area contributed by atoms with Gasteiger partial charge in [0.1, 0.15) is 5.65 Å². The molecule has 2 aliphatic heterocycles. The fraction of sp³-hybridized carbons (Fsp3) is 0.364. The van der Waals surface area contributed by atoms with Gasteiger partial charge in [-0.05, 0) is 67.6 Å². The highest BCUT2D eigenvalue weighted by Crippen LogP contribution is 2.32. The molecule has 1 atom stereocenters. The monoisotopic (exact) mass is 377 g/mol. The van der Waals surface area contributed by atoms with Crippen LogP contribution in [0.5, 0.6) is 0 Å². The summed E-state index contributed by atoms with van der Waals surface area (Å²) >= 11 is 0. The van der Waals surface area contributed by atoms with Gasteiger partial charge in [-0.2, -0.15) is 0 Å². The van der Waals surface area contributed by atoms with Crippen molar-refractivity contribution in [1.29, 1.82) is 0 Å². The molecule has 0 radical (unpaired) electrons. The second-order valence-electron chi connectivity index (χ2n) is 7.52. The zero-order valence-corrected chi connectivity index (χ0v) is 15.9. The number of pyridine rings is 1. The van der Waals surface area contributed by atoms with Crippen molar-refractivity contribution in [2.75, 3.05) is 11.9 Å². The van der Waals surface area contributed by atoms with E-state index in [4.69, 9.17) is 9.47 Å². The van der Waals surface area contributed by atoms with Gasteiger partial charge in [0.25, 0.3) is 0 Å². The zero-order valence-electron chi connectivity index (χ0n) is 15.9. The summed E-state index contributed by atoms with van der Waals surface area (Å²) in [4.78, 5) is 16.4. The van der Waals surface area contributed by atoms with Crippen molar-refractivity contribution in [2.45, 2.75) is 45.5 Å². The molecule has 0 aliphatic carbocycles. The molecule has 3 aromatic rings. The summed E-state index contributed by atoms with van der Waals surface area (Å²) in [6.45, 7) is 3.24. The number of benzene rings is 1. The standard InChI is InChI=1S/C22H23N3O3/c1-14-9-17(11-16-12-19(26)24-21(14)16)25-18(10-15-5-4-7-23-22(15)25)13-28-20-6-2-3-8-27-20/h4-5,7,9-11,20H,2-3,6,8,12-13H2,1H3,(H,24,26). The summed E-state index contributed by atoms with van der Waals surface area (Å²) in [5.74, 6) is 0.0451. The SMILES string of the molecule is Cc1cc(-n2c(COC3CCCCO3)cc3cccnc32)cc2c1NC(=O)C2. The Bertz CT molecular complexity index is 1050. The van der Waals surface area contributed by atoms with Crippen LogP contribution in [0.3, 0.4) is 0 Å². The largest absolute Gasteiger partial charge is 0.353 e. The van der Waals surface area contributed by atoms with Crippen molar-refractivity contribution < 1.29 is 14.3 Å². The van der Waals surface area contributed by atoms with E-state index in [1.54, 1.807) is 6.20 Å². The van der Waals surface area contributed by atoms with E-state index in [9.17, 15) is 4.79 Å². The lowest BCUT2D eigenvalue weighted by molar-refractivity contribution is -0.169. The van der Waals surface area contributed by atoms with Crippen molar-refractivity contribution in [3.63, 3.8) is 0 Å². The van der Waals surface area contributed by atoms with Crippen LogP contribution in [0.1, 0.15) is 36.1 Å². The first-order valence-electron chi connectivity index (χ1n) is 9.81. The number of anilines is 1. The third-order valence-electron chi connectivity index (χ3n) is 5.47. The Morgan fingerprint density at radius 3 is 3.11 bits per heavy atom. The summed E-state index contributed by atoms with van der Waals surface area (Å²) in [6, 6.07) is 10.3. The van der Waals surface area contributed by atoms with Crippen LogP contribution in [0, 0.1) is 6.92 Å². The van der Waals surface area contributed by atoms with Crippen molar-refractivity contribution in [1.82, 2.24) is 9.55 Å². The lowest BCUT2D eigenvalue weighted by atomic mass is 10.1. The minimum Gasteiger partial charge on any atom is -0.353 e. The Morgan fingerprint density at radius 1 is 1.32 bits per heavy atom. The van der Waals surface area contributed by atoms with Gasteiger partial charge in [-0.1, -0.05) is 0 Å². The molecule has 0 saturated carbocycles. The molecular formula is C22H23N3O3. The number of carbonyl (C=O) groups excluding carboxylic acids is 1. The van der Waals surface area contributed by atoms with E-state index >= 15 is 0 Å². The van der Waals surface area contributed by atoms with E-state index in [0.717, 1.165) is 65.1 Å². The number of fused-ring (bicyclic) bond motifs is 2. The van der Waals surface area contributed by atoms with E-state index in [2.05, 4.69) is 39.1 Å². The van der Waals surface area contributed by atoms with Gasteiger partial charge in [0, 0.05) is 29.6 Å². The number of aryl methyl sites for hydroxylation is 1. The zero-order chi connectivity index (χ0) is 19.1. The second kappa shape index (κ2) is 7.04. The van der Waals surface area contributed by atoms with Crippen LogP contribution in [0.4, 0.5) is 5.69 Å². The molecule has 2 aliphatic rings. The number of carbonyl (C=O) groups is 1. The normalized spacial score (nSPS) is 19.0. The lowest BCUT2D eigenvalue weighted by Gasteiger charge is -2.23. The van der Waals surface area contributed by atoms with E-state index in [1.165, 1.54) is 0 Å². The van der Waals surface area contributed by atoms with Gasteiger partial charge in [-0.25, -0.2) is 4.98 Å². The number of aromatic nitrogens is 2. The molecule has 1 amide bonds. The van der Waals surface area contributed by atoms with Gasteiger partial charge in [0.2, 0.25) is 5.91 Å². The van der Waals surface area contributed by atoms with Crippen molar-refractivity contribution in [2.24, 2.45) is 0 Å². The molecule has 2 aromatic heterocycles. The van der Waals surface area contributed by atoms with E-state index in [1.807, 2.05) is 13.0 Å². The number of hydrogen-bond acceptors (Lipinski definition) is 4. The average molecular weight is 377 g/mol. The van der Waals surface area contributed by atoms with Crippen LogP contribution >= 0.6 is 0 Å². The number of amides is 1. The molecule has 1 N–H and O–H groups in total. The Morgan fingerprint density at radius 2 is 2.25 bits per heavy atom. The Balaban J connectivity index is 1.55. The summed E-state index contributed by atoms with van der Waals surface area (Å²) in [6.07, 6.45) is 5.25. The first-order chi connectivity index (χ1) is 13.7. The minimum atomic E-state index is -0.142. The van der Waals surface area contributed by atoms with Gasteiger partial charge < -0.3 is 14.8 Å². The summed E-state index contributed by atoms with van der Waals surface area (Å²) in [7, 11) is 0. The Kier molecular flexibility index (Phi) is 4.37. The van der Waals surface area contributed by atoms with Crippen molar-refractivity contribution in [3.8, 4) is 5.69 Å². The molecule has 28 heavy (non-hydrogen) atoms. The topological polar surface area (TPSA) is 65.4 Å². The fourth-order valence-corrected chi connectivity index (χ4v) is 4.15. The lowest BCUT2D eigenvalue weighted by Crippen LogP contribution is -2.22. The highest BCUT2D eigenvalue weighted by Gasteiger charge is 2.22. The highest BCUT2D eigenvalue weighted by atomic mass is 16.7. The third-order valence-corrected chi connectivity index (χ3v) is 5.47. The molecule has 6 nitrogen and oxygen atoms in total. The van der Waals surface area contributed by atoms with Crippen molar-refractivity contribution >= 4 is 22.6 Å². The molecule has 1 saturated heterocycles. The van der Waals surface area contributed by atoms with Gasteiger partial charge in [-0.3, -0.25) is 9.36 Å². The van der Waals surface area contributed by atoms with Crippen LogP contribution < -0.4 is 5.32 Å². The average Bonchev–Trinajstić information content (AvgIpc) is 3.27. The van der Waals surface area contributed by atoms with Crippen molar-refractivity contribution in [3.05, 3.63) is 53.3 Å². The van der Waals surface area contributed by atoms with Crippen LogP contribution in [0.25, 0.3) is 16.7 Å². The second-order valence-corrected chi connectivity index (χ2v) is 7.52. The first-order valence-corrected chi connectivity index (χ1v) is 9.81. The van der Waals surface area contributed by atoms with E-state index in [0.29, 0.717) is 13.0 Å². The van der Waals surface area contributed by atoms with Crippen LogP contribution in [0.2, 0.25) is 0 Å². The number of hydrogen-bond donors (Lipinski definition) is 1. The molecule has 5 rings (SSSR count). The van der Waals surface area contributed by atoms with Crippen LogP contribution in [-0.2, 0) is 27.3 Å². The van der Waals surface area contributed by atoms with Crippen LogP contribution in [0.15, 0.2) is 36.5 Å². The number of nitrogens with zero attached hydrogens (tertiary/aromatic N) is 2. The molecular weight excluding hydrogens is 354 g/mol. The van der Waals surface area contributed by atoms with Gasteiger partial charge in [0.05, 0.1) is 18.7 Å². The summed E-state index contributed by atoms with van der Waals surface area (Å²) < 4.78 is 13.9. The molecule has 1 unspecified atom stereocenters. The molecule has 1 fully saturated rings. The molecule has 0 bridgehead atoms. The highest BCUT2D eigenvalue weighted by molar-refractivity contribution is 6.00. The fourth-order valence-electron chi connectivity index (χ4n) is 4.15. The predicted molar refractivity (Wildman–Crippen MR) is 107 cm³/mol. The molecule has 4 heterocycles. The summed E-state index contributed by atoms with van der Waals surface area (Å²) in [5, 5.41) is 4.02. The smallest absolute Gasteiger partial charge is 0.228 e. The first kappa shape index (κ1) is 17.4. The van der Waals surface area contributed by atoms with E-state index in [-0.39, 0.29) is 12.2 Å². The molecule has 0 spiro atoms. The Labute approximate surface area is 163 Å². The minimum absolute atomic E-state index is 0.0451. The number of nitrogens with one attached hydrogen (secondary N) is 1. The maximum absolute atomic E-state index is 11.8. The summed E-state index contributed by atoms with van der Waals surface area (Å²) in [5.41, 5.74) is 5.94. The Hall–Kier alpha value is -2.70. The number of ether oxygens (including phenoxy) is 2. The maximum atomic E-state index is 11.8. The van der Waals surface area contributed by atoms with Gasteiger partial charge in [-0.15, -0.1) is 0 Å². The molecule has 1 aromatic carbocycles. The van der Waals surface area contributed by atoms with Gasteiger partial charge in [0.15, 0.2) is 6.29 Å². The maximum Gasteiger partial charge on any atom is 0.228 e. The van der Waals surface area contributed by atoms with E-state index < -0.39 is 0 Å².